The van der Waals surface area contributed by atoms with Gasteiger partial charge in [-0.2, -0.15) is 0 Å². The number of benzene rings is 2. The predicted octanol–water partition coefficient (Wildman–Crippen LogP) is 5.82. The monoisotopic (exact) mass is 452 g/mol. The van der Waals surface area contributed by atoms with Crippen LogP contribution in [0, 0.1) is 0 Å². The Balaban J connectivity index is 1.73. The van der Waals surface area contributed by atoms with E-state index >= 15 is 0 Å². The number of methoxy groups -OCH3 is 2. The van der Waals surface area contributed by atoms with Gasteiger partial charge in [0.15, 0.2) is 11.0 Å². The number of thiazole rings is 1. The van der Waals surface area contributed by atoms with E-state index < -0.39 is 0 Å². The molecule has 2 aromatic carbocycles. The van der Waals surface area contributed by atoms with E-state index in [-0.39, 0.29) is 0 Å². The Morgan fingerprint density at radius 2 is 1.77 bits per heavy atom. The lowest BCUT2D eigenvalue weighted by atomic mass is 10.2. The van der Waals surface area contributed by atoms with Crippen LogP contribution in [-0.2, 0) is 5.75 Å². The standard InChI is InChI=1S/C23H24N4O2S2/c1-15(2)22-24-16(13-30-22)14-31-23-26-25-21(19-7-5-6-8-20(19)29-4)27(23)17-9-11-18(28-3)12-10-17/h5-13,15H,14H2,1-4H3. The Bertz CT molecular complexity index is 1150. The van der Waals surface area contributed by atoms with Gasteiger partial charge in [-0.05, 0) is 36.4 Å². The summed E-state index contributed by atoms with van der Waals surface area (Å²) in [4.78, 5) is 4.75. The number of rotatable bonds is 8. The van der Waals surface area contributed by atoms with Crippen LogP contribution in [0.3, 0.4) is 0 Å². The van der Waals surface area contributed by atoms with Gasteiger partial charge in [0.2, 0.25) is 0 Å². The van der Waals surface area contributed by atoms with Crippen LogP contribution in [0.15, 0.2) is 59.1 Å². The first-order chi connectivity index (χ1) is 15.1. The number of hydrogen-bond acceptors (Lipinski definition) is 7. The van der Waals surface area contributed by atoms with Crippen molar-refractivity contribution in [1.82, 2.24) is 19.7 Å². The quantitative estimate of drug-likeness (QED) is 0.314. The summed E-state index contributed by atoms with van der Waals surface area (Å²) in [7, 11) is 3.33. The van der Waals surface area contributed by atoms with Gasteiger partial charge in [-0.3, -0.25) is 4.57 Å². The van der Waals surface area contributed by atoms with E-state index in [0.29, 0.717) is 5.92 Å². The fourth-order valence-corrected chi connectivity index (χ4v) is 4.91. The van der Waals surface area contributed by atoms with Gasteiger partial charge in [0.25, 0.3) is 0 Å². The van der Waals surface area contributed by atoms with E-state index in [1.807, 2.05) is 48.5 Å². The molecule has 0 aliphatic rings. The molecule has 0 bridgehead atoms. The molecule has 0 aliphatic carbocycles. The molecule has 8 heteroatoms. The second-order valence-electron chi connectivity index (χ2n) is 7.16. The van der Waals surface area contributed by atoms with E-state index in [0.717, 1.165) is 50.2 Å². The minimum atomic E-state index is 0.434. The summed E-state index contributed by atoms with van der Waals surface area (Å²) >= 11 is 3.33. The average Bonchev–Trinajstić information content (AvgIpc) is 3.45. The first-order valence-corrected chi connectivity index (χ1v) is 11.8. The highest BCUT2D eigenvalue weighted by molar-refractivity contribution is 7.98. The lowest BCUT2D eigenvalue weighted by Gasteiger charge is -2.12. The normalized spacial score (nSPS) is 11.1. The molecule has 0 amide bonds. The Labute approximate surface area is 190 Å². The Morgan fingerprint density at radius 3 is 2.45 bits per heavy atom. The van der Waals surface area contributed by atoms with Crippen LogP contribution in [0.4, 0.5) is 0 Å². The molecule has 0 saturated heterocycles. The van der Waals surface area contributed by atoms with Crippen molar-refractivity contribution >= 4 is 23.1 Å². The maximum Gasteiger partial charge on any atom is 0.196 e. The number of aromatic nitrogens is 4. The molecule has 0 unspecified atom stereocenters. The lowest BCUT2D eigenvalue weighted by Crippen LogP contribution is -2.01. The lowest BCUT2D eigenvalue weighted by molar-refractivity contribution is 0.414. The van der Waals surface area contributed by atoms with Crippen molar-refractivity contribution in [3.05, 3.63) is 64.6 Å². The summed E-state index contributed by atoms with van der Waals surface area (Å²) in [6, 6.07) is 15.7. The number of ether oxygens (including phenoxy) is 2. The van der Waals surface area contributed by atoms with Crippen LogP contribution in [0.2, 0.25) is 0 Å². The van der Waals surface area contributed by atoms with Crippen molar-refractivity contribution in [2.45, 2.75) is 30.7 Å². The summed E-state index contributed by atoms with van der Waals surface area (Å²) in [6.07, 6.45) is 0. The summed E-state index contributed by atoms with van der Waals surface area (Å²) in [5, 5.41) is 13.1. The third-order valence-corrected chi connectivity index (χ3v) is 6.88. The van der Waals surface area contributed by atoms with Crippen molar-refractivity contribution in [2.75, 3.05) is 14.2 Å². The number of hydrogen-bond donors (Lipinski definition) is 0. The third kappa shape index (κ3) is 4.60. The van der Waals surface area contributed by atoms with E-state index in [4.69, 9.17) is 14.5 Å². The van der Waals surface area contributed by atoms with Crippen molar-refractivity contribution in [3.63, 3.8) is 0 Å². The fourth-order valence-electron chi connectivity index (χ4n) is 3.12. The number of thioether (sulfide) groups is 1. The Morgan fingerprint density at radius 1 is 1.00 bits per heavy atom. The minimum absolute atomic E-state index is 0.434. The van der Waals surface area contributed by atoms with Crippen LogP contribution < -0.4 is 9.47 Å². The summed E-state index contributed by atoms with van der Waals surface area (Å²) in [5.74, 6) is 3.44. The summed E-state index contributed by atoms with van der Waals surface area (Å²) in [5.41, 5.74) is 2.90. The molecule has 0 saturated carbocycles. The summed E-state index contributed by atoms with van der Waals surface area (Å²) in [6.45, 7) is 4.32. The number of para-hydroxylation sites is 1. The zero-order chi connectivity index (χ0) is 21.8. The van der Waals surface area contributed by atoms with Crippen molar-refractivity contribution in [3.8, 4) is 28.6 Å². The van der Waals surface area contributed by atoms with Gasteiger partial charge in [0.1, 0.15) is 11.5 Å². The van der Waals surface area contributed by atoms with Crippen LogP contribution in [0.1, 0.15) is 30.5 Å². The molecule has 0 atom stereocenters. The van der Waals surface area contributed by atoms with E-state index in [9.17, 15) is 0 Å². The molecular formula is C23H24N4O2S2. The van der Waals surface area contributed by atoms with Gasteiger partial charge < -0.3 is 9.47 Å². The van der Waals surface area contributed by atoms with Crippen LogP contribution in [-0.4, -0.2) is 34.0 Å². The molecule has 4 aromatic rings. The van der Waals surface area contributed by atoms with E-state index in [1.54, 1.807) is 37.3 Å². The smallest absolute Gasteiger partial charge is 0.196 e. The van der Waals surface area contributed by atoms with Gasteiger partial charge in [-0.25, -0.2) is 4.98 Å². The zero-order valence-electron chi connectivity index (χ0n) is 17.9. The fraction of sp³-hybridized carbons (Fsp3) is 0.261. The molecule has 6 nitrogen and oxygen atoms in total. The van der Waals surface area contributed by atoms with Crippen molar-refractivity contribution in [1.29, 1.82) is 0 Å². The molecule has 0 radical (unpaired) electrons. The SMILES string of the molecule is COc1ccc(-n2c(SCc3csc(C(C)C)n3)nnc2-c2ccccc2OC)cc1. The summed E-state index contributed by atoms with van der Waals surface area (Å²) < 4.78 is 12.9. The molecule has 0 N–H and O–H groups in total. The van der Waals surface area contributed by atoms with Gasteiger partial charge >= 0.3 is 0 Å². The largest absolute Gasteiger partial charge is 0.497 e. The van der Waals surface area contributed by atoms with Crippen molar-refractivity contribution < 1.29 is 9.47 Å². The second-order valence-corrected chi connectivity index (χ2v) is 8.99. The molecule has 2 heterocycles. The molecule has 0 aliphatic heterocycles. The maximum absolute atomic E-state index is 5.57. The van der Waals surface area contributed by atoms with Crippen LogP contribution in [0.25, 0.3) is 17.1 Å². The van der Waals surface area contributed by atoms with E-state index in [1.165, 1.54) is 0 Å². The number of nitrogens with zero attached hydrogens (tertiary/aromatic N) is 4. The van der Waals surface area contributed by atoms with Crippen LogP contribution >= 0.6 is 23.1 Å². The highest BCUT2D eigenvalue weighted by Crippen LogP contribution is 2.34. The Hall–Kier alpha value is -2.84. The Kier molecular flexibility index (Phi) is 6.58. The first-order valence-electron chi connectivity index (χ1n) is 9.91. The zero-order valence-corrected chi connectivity index (χ0v) is 19.5. The maximum atomic E-state index is 5.57. The molecule has 4 rings (SSSR count). The van der Waals surface area contributed by atoms with Crippen molar-refractivity contribution in [2.24, 2.45) is 0 Å². The molecule has 31 heavy (non-hydrogen) atoms. The van der Waals surface area contributed by atoms with E-state index in [2.05, 4.69) is 34.0 Å². The average molecular weight is 453 g/mol. The topological polar surface area (TPSA) is 62.1 Å². The molecule has 2 aromatic heterocycles. The van der Waals surface area contributed by atoms with Gasteiger partial charge in [-0.1, -0.05) is 37.7 Å². The van der Waals surface area contributed by atoms with Gasteiger partial charge in [0, 0.05) is 17.1 Å². The molecule has 0 fully saturated rings. The molecular weight excluding hydrogens is 428 g/mol. The predicted molar refractivity (Wildman–Crippen MR) is 126 cm³/mol. The van der Waals surface area contributed by atoms with Crippen LogP contribution in [0.5, 0.6) is 11.5 Å². The third-order valence-electron chi connectivity index (χ3n) is 4.72. The molecule has 160 valence electrons. The van der Waals surface area contributed by atoms with Gasteiger partial charge in [-0.15, -0.1) is 21.5 Å². The second kappa shape index (κ2) is 9.53. The first kappa shape index (κ1) is 21.4. The highest BCUT2D eigenvalue weighted by Gasteiger charge is 2.19. The molecule has 0 spiro atoms. The highest BCUT2D eigenvalue weighted by atomic mass is 32.2. The van der Waals surface area contributed by atoms with Gasteiger partial charge in [0.05, 0.1) is 36.2 Å². The minimum Gasteiger partial charge on any atom is -0.497 e.